The van der Waals surface area contributed by atoms with Gasteiger partial charge >= 0.3 is 12.1 Å². The summed E-state index contributed by atoms with van der Waals surface area (Å²) in [5.74, 6) is -6.56. The summed E-state index contributed by atoms with van der Waals surface area (Å²) >= 11 is 0. The van der Waals surface area contributed by atoms with E-state index in [9.17, 15) is 38.4 Å². The van der Waals surface area contributed by atoms with E-state index in [2.05, 4.69) is 31.9 Å². The molecule has 0 heterocycles. The quantitative estimate of drug-likeness (QED) is 0.0941. The number of nitrogens with two attached hydrogens (primary N) is 1. The minimum absolute atomic E-state index is 0.0458. The van der Waals surface area contributed by atoms with Crippen LogP contribution in [0.5, 0.6) is 0 Å². The van der Waals surface area contributed by atoms with Crippen LogP contribution in [0.15, 0.2) is 60.7 Å². The number of primary amides is 1. The van der Waals surface area contributed by atoms with Gasteiger partial charge in [0.25, 0.3) is 0 Å². The molecule has 0 fully saturated rings. The van der Waals surface area contributed by atoms with Gasteiger partial charge in [0.05, 0.1) is 13.0 Å². The van der Waals surface area contributed by atoms with Crippen molar-refractivity contribution >= 4 is 47.5 Å². The summed E-state index contributed by atoms with van der Waals surface area (Å²) in [5, 5.41) is 15.1. The Bertz CT molecular complexity index is 1700. The van der Waals surface area contributed by atoms with Crippen LogP contribution in [0, 0.1) is 11.8 Å². The van der Waals surface area contributed by atoms with Crippen LogP contribution in [-0.2, 0) is 56.1 Å². The fraction of sp³-hybridized carbons (Fsp3) is 0.500. The molecule has 7 amide bonds. The van der Waals surface area contributed by atoms with Crippen molar-refractivity contribution in [2.24, 2.45) is 17.6 Å². The Morgan fingerprint density at radius 3 is 1.63 bits per heavy atom. The first kappa shape index (κ1) is 47.2. The summed E-state index contributed by atoms with van der Waals surface area (Å²) in [6.45, 7) is 12.4. The molecule has 0 saturated carbocycles. The van der Waals surface area contributed by atoms with E-state index in [0.29, 0.717) is 11.1 Å². The summed E-state index contributed by atoms with van der Waals surface area (Å²) in [5.41, 5.74) is 5.63. The maximum atomic E-state index is 14.0. The zero-order chi connectivity index (χ0) is 42.9. The van der Waals surface area contributed by atoms with E-state index in [4.69, 9.17) is 15.2 Å². The van der Waals surface area contributed by atoms with E-state index in [-0.39, 0.29) is 13.0 Å². The predicted octanol–water partition coefficient (Wildman–Crippen LogP) is 1.13. The number of carbonyl (C=O) groups excluding carboxylic acids is 8. The number of hydrogen-bond donors (Lipinski definition) is 7. The summed E-state index contributed by atoms with van der Waals surface area (Å²) in [4.78, 5) is 104. The van der Waals surface area contributed by atoms with E-state index >= 15 is 0 Å². The van der Waals surface area contributed by atoms with Crippen LogP contribution in [0.2, 0.25) is 0 Å². The molecule has 0 aliphatic heterocycles. The van der Waals surface area contributed by atoms with Crippen LogP contribution in [0.3, 0.4) is 0 Å². The minimum Gasteiger partial charge on any atom is -0.461 e. The Balaban J connectivity index is 2.39. The van der Waals surface area contributed by atoms with Gasteiger partial charge in [-0.15, -0.1) is 0 Å². The lowest BCUT2D eigenvalue weighted by Gasteiger charge is -2.29. The Hall–Kier alpha value is -6.00. The molecule has 0 saturated heterocycles. The number of benzene rings is 2. The second kappa shape index (κ2) is 22.5. The van der Waals surface area contributed by atoms with Gasteiger partial charge in [-0.3, -0.25) is 33.6 Å². The molecule has 57 heavy (non-hydrogen) atoms. The number of esters is 1. The van der Waals surface area contributed by atoms with E-state index in [1.54, 1.807) is 109 Å². The molecular weight excluding hydrogens is 738 g/mol. The van der Waals surface area contributed by atoms with Gasteiger partial charge in [-0.2, -0.15) is 0 Å². The first-order valence-corrected chi connectivity index (χ1v) is 18.7. The molecule has 0 aliphatic carbocycles. The molecule has 8 N–H and O–H groups in total. The maximum Gasteiger partial charge on any atom is 0.408 e. The number of alkyl carbamates (subject to hydrolysis) is 1. The van der Waals surface area contributed by atoms with Crippen molar-refractivity contribution in [3.8, 4) is 0 Å². The van der Waals surface area contributed by atoms with E-state index in [1.165, 1.54) is 6.92 Å². The summed E-state index contributed by atoms with van der Waals surface area (Å²) in [6.07, 6.45) is -1.56. The molecule has 312 valence electrons. The molecule has 0 unspecified atom stereocenters. The van der Waals surface area contributed by atoms with Gasteiger partial charge in [0.15, 0.2) is 0 Å². The number of carbonyl (C=O) groups is 8. The zero-order valence-electron chi connectivity index (χ0n) is 33.8. The minimum atomic E-state index is -1.61. The van der Waals surface area contributed by atoms with Gasteiger partial charge in [-0.05, 0) is 50.7 Å². The van der Waals surface area contributed by atoms with Gasteiger partial charge in [-0.25, -0.2) is 4.79 Å². The van der Waals surface area contributed by atoms with E-state index in [0.717, 1.165) is 0 Å². The fourth-order valence-electron chi connectivity index (χ4n) is 5.20. The van der Waals surface area contributed by atoms with Crippen LogP contribution >= 0.6 is 0 Å². The summed E-state index contributed by atoms with van der Waals surface area (Å²) in [7, 11) is 0. The molecule has 2 aromatic carbocycles. The van der Waals surface area contributed by atoms with E-state index < -0.39 is 108 Å². The molecular formula is C40H57N7O10. The van der Waals surface area contributed by atoms with Crippen LogP contribution < -0.4 is 37.6 Å². The highest BCUT2D eigenvalue weighted by molar-refractivity contribution is 5.98. The number of rotatable bonds is 20. The molecule has 0 radical (unpaired) electrons. The number of nitrogens with one attached hydrogen (secondary N) is 6. The van der Waals surface area contributed by atoms with Crippen molar-refractivity contribution in [2.45, 2.75) is 111 Å². The molecule has 17 heteroatoms. The fourth-order valence-corrected chi connectivity index (χ4v) is 5.20. The normalized spacial score (nSPS) is 13.8. The summed E-state index contributed by atoms with van der Waals surface area (Å²) < 4.78 is 10.6. The molecule has 0 spiro atoms. The average molecular weight is 796 g/mol. The maximum absolute atomic E-state index is 14.0. The molecule has 0 bridgehead atoms. The van der Waals surface area contributed by atoms with Crippen molar-refractivity contribution in [3.05, 3.63) is 71.8 Å². The van der Waals surface area contributed by atoms with Crippen molar-refractivity contribution in [1.29, 1.82) is 0 Å². The van der Waals surface area contributed by atoms with Crippen LogP contribution in [0.1, 0.15) is 72.9 Å². The zero-order valence-corrected chi connectivity index (χ0v) is 33.8. The van der Waals surface area contributed by atoms with Crippen molar-refractivity contribution in [3.63, 3.8) is 0 Å². The smallest absolute Gasteiger partial charge is 0.408 e. The summed E-state index contributed by atoms with van der Waals surface area (Å²) in [6, 6.07) is 11.0. The number of amides is 7. The monoisotopic (exact) mass is 795 g/mol. The van der Waals surface area contributed by atoms with Crippen LogP contribution in [0.25, 0.3) is 0 Å². The highest BCUT2D eigenvalue weighted by atomic mass is 16.6. The molecule has 2 aromatic rings. The van der Waals surface area contributed by atoms with Gasteiger partial charge in [-0.1, -0.05) is 88.4 Å². The molecule has 0 aliphatic rings. The second-order valence-electron chi connectivity index (χ2n) is 15.2. The predicted molar refractivity (Wildman–Crippen MR) is 209 cm³/mol. The molecule has 2 rings (SSSR count). The SMILES string of the molecule is CC(C)[C@H](NC(=O)[C@H](CC(=O)OCc1ccccc1)NC(=O)[C@H](Cc1ccccc1)NC(=O)[C@@H](C)NC(=O)OC(C)(C)C)C(=O)N[C@H](C(=O)NCC(N)=O)C(C)C. The molecule has 17 nitrogen and oxygen atoms in total. The first-order valence-electron chi connectivity index (χ1n) is 18.7. The van der Waals surface area contributed by atoms with Crippen molar-refractivity contribution in [1.82, 2.24) is 31.9 Å². The third-order valence-corrected chi connectivity index (χ3v) is 8.22. The first-order chi connectivity index (χ1) is 26.7. The lowest BCUT2D eigenvalue weighted by Crippen LogP contribution is -2.61. The lowest BCUT2D eigenvalue weighted by molar-refractivity contribution is -0.148. The highest BCUT2D eigenvalue weighted by Crippen LogP contribution is 2.11. The third kappa shape index (κ3) is 17.6. The van der Waals surface area contributed by atoms with Gasteiger partial charge < -0.3 is 47.1 Å². The highest BCUT2D eigenvalue weighted by Gasteiger charge is 2.35. The number of ether oxygens (including phenoxy) is 2. The topological polar surface area (TPSA) is 253 Å². The van der Waals surface area contributed by atoms with Crippen LogP contribution in [-0.4, -0.2) is 89.9 Å². The van der Waals surface area contributed by atoms with E-state index in [1.807, 2.05) is 0 Å². The molecule has 5 atom stereocenters. The van der Waals surface area contributed by atoms with Gasteiger partial charge in [0, 0.05) is 6.42 Å². The number of hydrogen-bond acceptors (Lipinski definition) is 10. The second-order valence-corrected chi connectivity index (χ2v) is 15.2. The average Bonchev–Trinajstić information content (AvgIpc) is 3.13. The Kier molecular flexibility index (Phi) is 18.6. The Labute approximate surface area is 333 Å². The largest absolute Gasteiger partial charge is 0.461 e. The Morgan fingerprint density at radius 1 is 0.614 bits per heavy atom. The van der Waals surface area contributed by atoms with Crippen molar-refractivity contribution < 1.29 is 47.8 Å². The Morgan fingerprint density at radius 2 is 1.11 bits per heavy atom. The van der Waals surface area contributed by atoms with Gasteiger partial charge in [0.2, 0.25) is 35.4 Å². The standard InChI is InChI=1S/C40H57N7O10/c1-23(2)32(37(53)42-21-30(41)48)47-38(54)33(24(3)4)46-36(52)29(20-31(49)56-22-27-17-13-10-14-18-27)45-35(51)28(19-26-15-11-9-12-16-26)44-34(50)25(5)43-39(55)57-40(6,7)8/h9-18,23-25,28-29,32-33H,19-22H2,1-8H3,(H2,41,48)(H,42,53)(H,43,55)(H,44,50)(H,45,51)(H,46,52)(H,47,54)/t25-,28+,29+,32+,33+/m1/s1. The third-order valence-electron chi connectivity index (χ3n) is 8.22. The van der Waals surface area contributed by atoms with Crippen molar-refractivity contribution in [2.75, 3.05) is 6.54 Å². The lowest BCUT2D eigenvalue weighted by atomic mass is 9.99. The van der Waals surface area contributed by atoms with Gasteiger partial charge in [0.1, 0.15) is 42.4 Å². The van der Waals surface area contributed by atoms with Crippen LogP contribution in [0.4, 0.5) is 4.79 Å². The molecule has 0 aromatic heterocycles.